The van der Waals surface area contributed by atoms with Crippen molar-refractivity contribution in [3.63, 3.8) is 0 Å². The molecular weight excluding hydrogens is 364 g/mol. The van der Waals surface area contributed by atoms with Gasteiger partial charge in [0.05, 0.1) is 19.8 Å². The summed E-state index contributed by atoms with van der Waals surface area (Å²) in [5, 5.41) is 3.09. The molecule has 1 N–H and O–H groups in total. The Balaban J connectivity index is 1.54. The summed E-state index contributed by atoms with van der Waals surface area (Å²) >= 11 is 0. The smallest absolute Gasteiger partial charge is 0.255 e. The lowest BCUT2D eigenvalue weighted by molar-refractivity contribution is 0.0927. The van der Waals surface area contributed by atoms with E-state index >= 15 is 0 Å². The third-order valence-electron chi connectivity index (χ3n) is 5.64. The van der Waals surface area contributed by atoms with Crippen LogP contribution in [0.3, 0.4) is 0 Å². The number of rotatable bonds is 8. The number of benzene rings is 2. The van der Waals surface area contributed by atoms with E-state index in [0.29, 0.717) is 29.5 Å². The highest BCUT2D eigenvalue weighted by atomic mass is 16.5. The van der Waals surface area contributed by atoms with Crippen LogP contribution in [0.5, 0.6) is 11.5 Å². The number of para-hydroxylation sites is 1. The third kappa shape index (κ3) is 5.51. The molecule has 0 bridgehead atoms. The van der Waals surface area contributed by atoms with Crippen molar-refractivity contribution in [1.82, 2.24) is 10.2 Å². The number of carbonyl (C=O) groups is 1. The Kier molecular flexibility index (Phi) is 7.53. The number of hydrogen-bond donors (Lipinski definition) is 1. The van der Waals surface area contributed by atoms with E-state index < -0.39 is 0 Å². The number of ether oxygens (including phenoxy) is 2. The van der Waals surface area contributed by atoms with E-state index in [4.69, 9.17) is 9.47 Å². The Hall–Kier alpha value is -2.53. The van der Waals surface area contributed by atoms with Crippen LogP contribution in [-0.4, -0.2) is 44.7 Å². The quantitative estimate of drug-likeness (QED) is 0.735. The molecule has 1 aliphatic rings. The molecular formula is C24H32N2O3. The van der Waals surface area contributed by atoms with Crippen LogP contribution in [0.25, 0.3) is 0 Å². The normalized spacial score (nSPS) is 17.0. The van der Waals surface area contributed by atoms with Crippen molar-refractivity contribution in [3.8, 4) is 11.5 Å². The molecule has 1 heterocycles. The van der Waals surface area contributed by atoms with E-state index in [-0.39, 0.29) is 5.91 Å². The second kappa shape index (κ2) is 10.3. The minimum atomic E-state index is -0.118. The van der Waals surface area contributed by atoms with Crippen LogP contribution >= 0.6 is 0 Å². The van der Waals surface area contributed by atoms with Crippen LogP contribution in [0, 0.1) is 5.92 Å². The number of aryl methyl sites for hydroxylation is 1. The fourth-order valence-electron chi connectivity index (χ4n) is 4.00. The fourth-order valence-corrected chi connectivity index (χ4v) is 4.00. The molecule has 0 radical (unpaired) electrons. The summed E-state index contributed by atoms with van der Waals surface area (Å²) in [7, 11) is 3.13. The molecule has 1 atom stereocenters. The van der Waals surface area contributed by atoms with Crippen molar-refractivity contribution in [3.05, 3.63) is 59.2 Å². The van der Waals surface area contributed by atoms with Gasteiger partial charge < -0.3 is 14.8 Å². The average Bonchev–Trinajstić information content (AvgIpc) is 2.77. The van der Waals surface area contributed by atoms with Crippen molar-refractivity contribution in [2.24, 2.45) is 5.92 Å². The largest absolute Gasteiger partial charge is 0.493 e. The number of amides is 1. The molecule has 1 fully saturated rings. The van der Waals surface area contributed by atoms with Gasteiger partial charge in [0.25, 0.3) is 5.91 Å². The van der Waals surface area contributed by atoms with Crippen molar-refractivity contribution in [2.75, 3.05) is 33.9 Å². The second-order valence-corrected chi connectivity index (χ2v) is 7.66. The lowest BCUT2D eigenvalue weighted by Crippen LogP contribution is -2.40. The molecule has 1 amide bonds. The molecule has 2 aromatic rings. The summed E-state index contributed by atoms with van der Waals surface area (Å²) in [6, 6.07) is 14.3. The first-order chi connectivity index (χ1) is 14.1. The van der Waals surface area contributed by atoms with Crippen LogP contribution in [0.2, 0.25) is 0 Å². The molecule has 0 aliphatic carbocycles. The molecule has 5 heteroatoms. The maximum atomic E-state index is 12.7. The van der Waals surface area contributed by atoms with Gasteiger partial charge in [-0.05, 0) is 55.0 Å². The monoisotopic (exact) mass is 396 g/mol. The summed E-state index contributed by atoms with van der Waals surface area (Å²) in [5.74, 6) is 1.39. The average molecular weight is 397 g/mol. The summed E-state index contributed by atoms with van der Waals surface area (Å²) in [6.45, 7) is 5.94. The van der Waals surface area contributed by atoms with Gasteiger partial charge in [-0.15, -0.1) is 0 Å². The van der Waals surface area contributed by atoms with Gasteiger partial charge in [-0.3, -0.25) is 9.69 Å². The van der Waals surface area contributed by atoms with E-state index in [1.54, 1.807) is 26.4 Å². The van der Waals surface area contributed by atoms with Gasteiger partial charge in [-0.1, -0.05) is 37.3 Å². The van der Waals surface area contributed by atoms with E-state index in [1.807, 2.05) is 6.07 Å². The number of hydrogen-bond acceptors (Lipinski definition) is 4. The van der Waals surface area contributed by atoms with Gasteiger partial charge in [-0.25, -0.2) is 0 Å². The standard InChI is InChI=1S/C24H32N2O3/c1-4-18-10-12-19(13-11-18)16-26-14-6-7-20(17-26)15-25-24(27)21-8-5-9-22(28-2)23(21)29-3/h5,8-13,20H,4,6-7,14-17H2,1-3H3,(H,25,27)/t20-/m0/s1. The van der Waals surface area contributed by atoms with Gasteiger partial charge in [0.2, 0.25) is 0 Å². The lowest BCUT2D eigenvalue weighted by Gasteiger charge is -2.33. The Labute approximate surface area is 174 Å². The molecule has 29 heavy (non-hydrogen) atoms. The molecule has 0 spiro atoms. The van der Waals surface area contributed by atoms with Crippen molar-refractivity contribution in [2.45, 2.75) is 32.7 Å². The SMILES string of the molecule is CCc1ccc(CN2CCC[C@@H](CNC(=O)c3cccc(OC)c3OC)C2)cc1. The number of methoxy groups -OCH3 is 2. The number of nitrogens with zero attached hydrogens (tertiary/aromatic N) is 1. The number of nitrogens with one attached hydrogen (secondary N) is 1. The van der Waals surface area contributed by atoms with Crippen LogP contribution in [0.4, 0.5) is 0 Å². The van der Waals surface area contributed by atoms with Crippen molar-refractivity contribution >= 4 is 5.91 Å². The van der Waals surface area contributed by atoms with E-state index in [0.717, 1.165) is 38.9 Å². The minimum absolute atomic E-state index is 0.118. The van der Waals surface area contributed by atoms with Crippen molar-refractivity contribution < 1.29 is 14.3 Å². The molecule has 156 valence electrons. The zero-order chi connectivity index (χ0) is 20.6. The Morgan fingerprint density at radius 3 is 2.55 bits per heavy atom. The van der Waals surface area contributed by atoms with Gasteiger partial charge in [-0.2, -0.15) is 0 Å². The molecule has 1 aliphatic heterocycles. The molecule has 0 aromatic heterocycles. The maximum Gasteiger partial charge on any atom is 0.255 e. The van der Waals surface area contributed by atoms with Gasteiger partial charge in [0.15, 0.2) is 11.5 Å². The van der Waals surface area contributed by atoms with Crippen LogP contribution in [0.1, 0.15) is 41.3 Å². The molecule has 2 aromatic carbocycles. The first kappa shape index (κ1) is 21.2. The number of carbonyl (C=O) groups excluding carboxylic acids is 1. The van der Waals surface area contributed by atoms with Crippen LogP contribution < -0.4 is 14.8 Å². The lowest BCUT2D eigenvalue weighted by atomic mass is 9.97. The van der Waals surface area contributed by atoms with Crippen molar-refractivity contribution in [1.29, 1.82) is 0 Å². The predicted octanol–water partition coefficient (Wildman–Crippen LogP) is 3.91. The molecule has 0 unspecified atom stereocenters. The van der Waals surface area contributed by atoms with Gasteiger partial charge in [0.1, 0.15) is 0 Å². The van der Waals surface area contributed by atoms with Crippen LogP contribution in [0.15, 0.2) is 42.5 Å². The predicted molar refractivity (Wildman–Crippen MR) is 116 cm³/mol. The Bertz CT molecular complexity index is 804. The highest BCUT2D eigenvalue weighted by molar-refractivity contribution is 5.97. The molecule has 1 saturated heterocycles. The summed E-state index contributed by atoms with van der Waals surface area (Å²) in [5.41, 5.74) is 3.24. The first-order valence-corrected chi connectivity index (χ1v) is 10.4. The highest BCUT2D eigenvalue weighted by Crippen LogP contribution is 2.30. The third-order valence-corrected chi connectivity index (χ3v) is 5.64. The molecule has 3 rings (SSSR count). The summed E-state index contributed by atoms with van der Waals surface area (Å²) in [6.07, 6.45) is 3.38. The van der Waals surface area contributed by atoms with E-state index in [2.05, 4.69) is 41.4 Å². The van der Waals surface area contributed by atoms with E-state index in [9.17, 15) is 4.79 Å². The minimum Gasteiger partial charge on any atom is -0.493 e. The van der Waals surface area contributed by atoms with E-state index in [1.165, 1.54) is 11.1 Å². The number of likely N-dealkylation sites (tertiary alicyclic amines) is 1. The zero-order valence-electron chi connectivity index (χ0n) is 17.7. The Morgan fingerprint density at radius 1 is 1.10 bits per heavy atom. The van der Waals surface area contributed by atoms with Gasteiger partial charge >= 0.3 is 0 Å². The van der Waals surface area contributed by atoms with Crippen LogP contribution in [-0.2, 0) is 13.0 Å². The number of piperidine rings is 1. The van der Waals surface area contributed by atoms with Gasteiger partial charge in [0, 0.05) is 19.6 Å². The molecule has 0 saturated carbocycles. The maximum absolute atomic E-state index is 12.7. The summed E-state index contributed by atoms with van der Waals surface area (Å²) < 4.78 is 10.7. The first-order valence-electron chi connectivity index (χ1n) is 10.4. The molecule has 5 nitrogen and oxygen atoms in total. The second-order valence-electron chi connectivity index (χ2n) is 7.66. The summed E-state index contributed by atoms with van der Waals surface area (Å²) in [4.78, 5) is 15.2. The highest BCUT2D eigenvalue weighted by Gasteiger charge is 2.22. The topological polar surface area (TPSA) is 50.8 Å². The Morgan fingerprint density at radius 2 is 1.86 bits per heavy atom. The fraction of sp³-hybridized carbons (Fsp3) is 0.458. The zero-order valence-corrected chi connectivity index (χ0v) is 17.7.